The number of benzene rings is 2. The Morgan fingerprint density at radius 3 is 2.42 bits per heavy atom. The summed E-state index contributed by atoms with van der Waals surface area (Å²) in [6.07, 6.45) is 0. The first-order valence-electron chi connectivity index (χ1n) is 7.99. The van der Waals surface area contributed by atoms with Gasteiger partial charge in [-0.3, -0.25) is 4.72 Å². The number of sulfonamides is 1. The van der Waals surface area contributed by atoms with E-state index in [4.69, 9.17) is 4.74 Å². The van der Waals surface area contributed by atoms with Gasteiger partial charge in [0.25, 0.3) is 10.0 Å². The van der Waals surface area contributed by atoms with E-state index in [2.05, 4.69) is 9.62 Å². The maximum absolute atomic E-state index is 12.7. The van der Waals surface area contributed by atoms with Gasteiger partial charge in [-0.1, -0.05) is 24.3 Å². The van der Waals surface area contributed by atoms with Crippen LogP contribution in [0.1, 0.15) is 11.1 Å². The van der Waals surface area contributed by atoms with Gasteiger partial charge in [0, 0.05) is 18.8 Å². The molecule has 0 unspecified atom stereocenters. The zero-order chi connectivity index (χ0) is 17.2. The van der Waals surface area contributed by atoms with Crippen LogP contribution in [-0.2, 0) is 14.8 Å². The third kappa shape index (κ3) is 3.55. The van der Waals surface area contributed by atoms with Crippen molar-refractivity contribution in [3.05, 3.63) is 53.6 Å². The highest BCUT2D eigenvalue weighted by molar-refractivity contribution is 7.92. The molecule has 1 aliphatic heterocycles. The number of ether oxygens (including phenoxy) is 1. The minimum atomic E-state index is -3.61. The van der Waals surface area contributed by atoms with E-state index >= 15 is 0 Å². The van der Waals surface area contributed by atoms with Crippen LogP contribution in [0.4, 0.5) is 11.4 Å². The molecule has 0 saturated carbocycles. The normalized spacial score (nSPS) is 15.3. The van der Waals surface area contributed by atoms with Gasteiger partial charge in [0.05, 0.1) is 23.8 Å². The Morgan fingerprint density at radius 2 is 1.71 bits per heavy atom. The Labute approximate surface area is 143 Å². The van der Waals surface area contributed by atoms with Gasteiger partial charge in [0.1, 0.15) is 0 Å². The maximum atomic E-state index is 12.7. The number of hydrogen-bond donors (Lipinski definition) is 1. The molecule has 1 aliphatic rings. The smallest absolute Gasteiger partial charge is 0.262 e. The summed E-state index contributed by atoms with van der Waals surface area (Å²) in [7, 11) is -3.61. The fourth-order valence-electron chi connectivity index (χ4n) is 2.80. The first kappa shape index (κ1) is 16.8. The lowest BCUT2D eigenvalue weighted by Gasteiger charge is -2.29. The fraction of sp³-hybridized carbons (Fsp3) is 0.333. The molecule has 24 heavy (non-hydrogen) atoms. The zero-order valence-corrected chi connectivity index (χ0v) is 14.8. The summed E-state index contributed by atoms with van der Waals surface area (Å²) in [5.41, 5.74) is 3.24. The van der Waals surface area contributed by atoms with Gasteiger partial charge in [-0.25, -0.2) is 8.42 Å². The van der Waals surface area contributed by atoms with E-state index < -0.39 is 10.0 Å². The molecule has 0 amide bonds. The molecule has 6 heteroatoms. The van der Waals surface area contributed by atoms with E-state index in [1.54, 1.807) is 25.1 Å². The average molecular weight is 346 g/mol. The zero-order valence-electron chi connectivity index (χ0n) is 14.0. The van der Waals surface area contributed by atoms with Crippen molar-refractivity contribution in [2.45, 2.75) is 18.7 Å². The summed E-state index contributed by atoms with van der Waals surface area (Å²) in [6, 6.07) is 12.9. The standard InChI is InChI=1S/C18H22N2O3S/c1-14-7-8-16(20-9-11-23-12-10-20)13-17(14)19-24(21,22)18-6-4-3-5-15(18)2/h3-8,13,19H,9-12H2,1-2H3. The molecule has 0 bridgehead atoms. The molecule has 0 aromatic heterocycles. The monoisotopic (exact) mass is 346 g/mol. The van der Waals surface area contributed by atoms with Crippen molar-refractivity contribution in [2.75, 3.05) is 35.9 Å². The Balaban J connectivity index is 1.90. The van der Waals surface area contributed by atoms with Crippen LogP contribution in [0.25, 0.3) is 0 Å². The number of rotatable bonds is 4. The van der Waals surface area contributed by atoms with Crippen LogP contribution in [0.3, 0.4) is 0 Å². The van der Waals surface area contributed by atoms with Gasteiger partial charge in [0.2, 0.25) is 0 Å². The second kappa shape index (κ2) is 6.83. The molecule has 2 aromatic carbocycles. The number of aryl methyl sites for hydroxylation is 2. The minimum Gasteiger partial charge on any atom is -0.378 e. The summed E-state index contributed by atoms with van der Waals surface area (Å²) in [4.78, 5) is 2.51. The molecule has 0 atom stereocenters. The van der Waals surface area contributed by atoms with Gasteiger partial charge >= 0.3 is 0 Å². The third-order valence-corrected chi connectivity index (χ3v) is 5.75. The van der Waals surface area contributed by atoms with E-state index in [0.717, 1.165) is 29.9 Å². The van der Waals surface area contributed by atoms with Gasteiger partial charge < -0.3 is 9.64 Å². The quantitative estimate of drug-likeness (QED) is 0.925. The highest BCUT2D eigenvalue weighted by Gasteiger charge is 2.19. The summed E-state index contributed by atoms with van der Waals surface area (Å²) in [6.45, 7) is 6.71. The lowest BCUT2D eigenvalue weighted by atomic mass is 10.1. The average Bonchev–Trinajstić information content (AvgIpc) is 2.58. The van der Waals surface area contributed by atoms with Gasteiger partial charge in [-0.2, -0.15) is 0 Å². The largest absolute Gasteiger partial charge is 0.378 e. The van der Waals surface area contributed by atoms with E-state index in [-0.39, 0.29) is 0 Å². The van der Waals surface area contributed by atoms with Crippen molar-refractivity contribution in [2.24, 2.45) is 0 Å². The van der Waals surface area contributed by atoms with Crippen molar-refractivity contribution < 1.29 is 13.2 Å². The highest BCUT2D eigenvalue weighted by atomic mass is 32.2. The van der Waals surface area contributed by atoms with E-state index in [9.17, 15) is 8.42 Å². The number of nitrogens with one attached hydrogen (secondary N) is 1. The van der Waals surface area contributed by atoms with Crippen molar-refractivity contribution in [1.29, 1.82) is 0 Å². The molecule has 1 heterocycles. The molecule has 128 valence electrons. The van der Waals surface area contributed by atoms with Crippen LogP contribution in [0.2, 0.25) is 0 Å². The van der Waals surface area contributed by atoms with Crippen LogP contribution < -0.4 is 9.62 Å². The Bertz CT molecular complexity index is 828. The van der Waals surface area contributed by atoms with Crippen molar-refractivity contribution in [3.8, 4) is 0 Å². The number of morpholine rings is 1. The van der Waals surface area contributed by atoms with Crippen LogP contribution in [-0.4, -0.2) is 34.7 Å². The SMILES string of the molecule is Cc1ccc(N2CCOCC2)cc1NS(=O)(=O)c1ccccc1C. The Kier molecular flexibility index (Phi) is 4.78. The van der Waals surface area contributed by atoms with E-state index in [1.165, 1.54) is 0 Å². The van der Waals surface area contributed by atoms with Crippen molar-refractivity contribution >= 4 is 21.4 Å². The first-order valence-corrected chi connectivity index (χ1v) is 9.47. The predicted molar refractivity (Wildman–Crippen MR) is 96.2 cm³/mol. The Hall–Kier alpha value is -2.05. The predicted octanol–water partition coefficient (Wildman–Crippen LogP) is 2.94. The van der Waals surface area contributed by atoms with Gasteiger partial charge in [0.15, 0.2) is 0 Å². The van der Waals surface area contributed by atoms with Crippen molar-refractivity contribution in [1.82, 2.24) is 0 Å². The topological polar surface area (TPSA) is 58.6 Å². The fourth-order valence-corrected chi connectivity index (χ4v) is 4.16. The molecule has 1 N–H and O–H groups in total. The second-order valence-corrected chi connectivity index (χ2v) is 7.62. The van der Waals surface area contributed by atoms with Crippen molar-refractivity contribution in [3.63, 3.8) is 0 Å². The lowest BCUT2D eigenvalue weighted by Crippen LogP contribution is -2.36. The van der Waals surface area contributed by atoms with Crippen LogP contribution in [0.5, 0.6) is 0 Å². The summed E-state index contributed by atoms with van der Waals surface area (Å²) in [5, 5.41) is 0. The summed E-state index contributed by atoms with van der Waals surface area (Å²) < 4.78 is 33.5. The van der Waals surface area contributed by atoms with E-state index in [1.807, 2.05) is 31.2 Å². The molecule has 0 spiro atoms. The molecular weight excluding hydrogens is 324 g/mol. The van der Waals surface area contributed by atoms with Gasteiger partial charge in [-0.05, 0) is 43.2 Å². The van der Waals surface area contributed by atoms with Crippen LogP contribution >= 0.6 is 0 Å². The number of anilines is 2. The molecular formula is C18H22N2O3S. The lowest BCUT2D eigenvalue weighted by molar-refractivity contribution is 0.122. The molecule has 1 saturated heterocycles. The maximum Gasteiger partial charge on any atom is 0.262 e. The van der Waals surface area contributed by atoms with Crippen LogP contribution in [0.15, 0.2) is 47.4 Å². The van der Waals surface area contributed by atoms with Crippen LogP contribution in [0, 0.1) is 13.8 Å². The third-order valence-electron chi connectivity index (χ3n) is 4.22. The summed E-state index contributed by atoms with van der Waals surface area (Å²) >= 11 is 0. The van der Waals surface area contributed by atoms with E-state index in [0.29, 0.717) is 23.8 Å². The molecule has 3 rings (SSSR count). The molecule has 5 nitrogen and oxygen atoms in total. The molecule has 2 aromatic rings. The minimum absolute atomic E-state index is 0.307. The Morgan fingerprint density at radius 1 is 1.00 bits per heavy atom. The summed E-state index contributed by atoms with van der Waals surface area (Å²) in [5.74, 6) is 0. The number of nitrogens with zero attached hydrogens (tertiary/aromatic N) is 1. The second-order valence-electron chi connectivity index (χ2n) is 5.97. The molecule has 0 aliphatic carbocycles. The molecule has 0 radical (unpaired) electrons. The first-order chi connectivity index (χ1) is 11.5. The number of hydrogen-bond acceptors (Lipinski definition) is 4. The molecule has 1 fully saturated rings. The highest BCUT2D eigenvalue weighted by Crippen LogP contribution is 2.27. The van der Waals surface area contributed by atoms with Gasteiger partial charge in [-0.15, -0.1) is 0 Å².